The molecule has 32 heavy (non-hydrogen) atoms. The summed E-state index contributed by atoms with van der Waals surface area (Å²) in [5.41, 5.74) is -0.376. The normalized spacial score (nSPS) is 19.7. The summed E-state index contributed by atoms with van der Waals surface area (Å²) in [7, 11) is 0. The van der Waals surface area contributed by atoms with Crippen LogP contribution in [0.15, 0.2) is 30.7 Å². The second-order valence-electron chi connectivity index (χ2n) is 7.76. The lowest BCUT2D eigenvalue weighted by atomic mass is 9.94. The Hall–Kier alpha value is -3.05. The van der Waals surface area contributed by atoms with Gasteiger partial charge in [-0.1, -0.05) is 0 Å². The second-order valence-corrected chi connectivity index (χ2v) is 7.76. The first-order valence-corrected chi connectivity index (χ1v) is 10.1. The summed E-state index contributed by atoms with van der Waals surface area (Å²) in [6, 6.07) is 2.74. The molecule has 1 aliphatic heterocycles. The Balaban J connectivity index is 1.50. The van der Waals surface area contributed by atoms with Crippen LogP contribution >= 0.6 is 0 Å². The predicted octanol–water partition coefficient (Wildman–Crippen LogP) is 4.19. The molecule has 4 rings (SSSR count). The van der Waals surface area contributed by atoms with Crippen molar-refractivity contribution in [3.05, 3.63) is 36.4 Å². The number of halogens is 5. The summed E-state index contributed by atoms with van der Waals surface area (Å²) < 4.78 is 71.7. The molecule has 0 N–H and O–H groups in total. The lowest BCUT2D eigenvalue weighted by Gasteiger charge is -2.38. The zero-order valence-electron chi connectivity index (χ0n) is 17.1. The van der Waals surface area contributed by atoms with E-state index in [9.17, 15) is 22.0 Å². The Morgan fingerprint density at radius 1 is 1.19 bits per heavy atom. The van der Waals surface area contributed by atoms with Crippen LogP contribution < -0.4 is 9.64 Å². The average molecular weight is 456 g/mol. The molecule has 1 aliphatic rings. The molecular formula is C20H21F5N6O. The standard InChI is InChI=1S/C20H21F5N6O/c1-12-4-5-13(11-32-15-3-2-6-26-18(15)20(23,24)25)9-30(12)17-8-27-14-7-28-31(10-16(21)22)19(14)29-17/h2-3,6-8,12-13,16H,4-5,9-11H2,1H3/t12-,13+/m0/s1. The van der Waals surface area contributed by atoms with E-state index in [1.165, 1.54) is 18.3 Å². The molecule has 1 saturated heterocycles. The van der Waals surface area contributed by atoms with Crippen molar-refractivity contribution in [1.29, 1.82) is 0 Å². The van der Waals surface area contributed by atoms with Crippen LogP contribution in [0.1, 0.15) is 25.5 Å². The Morgan fingerprint density at radius 2 is 2.00 bits per heavy atom. The van der Waals surface area contributed by atoms with Crippen LogP contribution in [0.25, 0.3) is 11.2 Å². The lowest BCUT2D eigenvalue weighted by molar-refractivity contribution is -0.142. The second kappa shape index (κ2) is 8.83. The highest BCUT2D eigenvalue weighted by atomic mass is 19.4. The predicted molar refractivity (Wildman–Crippen MR) is 106 cm³/mol. The van der Waals surface area contributed by atoms with Gasteiger partial charge in [0.05, 0.1) is 19.0 Å². The highest BCUT2D eigenvalue weighted by Crippen LogP contribution is 2.35. The van der Waals surface area contributed by atoms with Gasteiger partial charge in [-0.2, -0.15) is 18.3 Å². The smallest absolute Gasteiger partial charge is 0.437 e. The van der Waals surface area contributed by atoms with Crippen LogP contribution in [-0.2, 0) is 12.7 Å². The van der Waals surface area contributed by atoms with Crippen molar-refractivity contribution in [3.63, 3.8) is 0 Å². The molecule has 0 spiro atoms. The Bertz CT molecular complexity index is 1070. The molecule has 172 valence electrons. The van der Waals surface area contributed by atoms with E-state index in [1.807, 2.05) is 11.8 Å². The lowest BCUT2D eigenvalue weighted by Crippen LogP contribution is -2.44. The molecule has 4 heterocycles. The summed E-state index contributed by atoms with van der Waals surface area (Å²) in [6.45, 7) is 1.98. The maximum atomic E-state index is 13.1. The first kappa shape index (κ1) is 22.2. The van der Waals surface area contributed by atoms with Gasteiger partial charge in [0.1, 0.15) is 23.6 Å². The Kier molecular flexibility index (Phi) is 6.11. The number of hydrogen-bond donors (Lipinski definition) is 0. The van der Waals surface area contributed by atoms with E-state index in [1.54, 1.807) is 6.20 Å². The van der Waals surface area contributed by atoms with Crippen LogP contribution in [0.5, 0.6) is 5.75 Å². The summed E-state index contributed by atoms with van der Waals surface area (Å²) in [4.78, 5) is 14.1. The molecule has 3 aromatic rings. The molecule has 2 atom stereocenters. The number of piperidine rings is 1. The van der Waals surface area contributed by atoms with Crippen LogP contribution in [-0.4, -0.2) is 50.4 Å². The molecule has 7 nitrogen and oxygen atoms in total. The summed E-state index contributed by atoms with van der Waals surface area (Å²) >= 11 is 0. The van der Waals surface area contributed by atoms with Crippen molar-refractivity contribution in [2.75, 3.05) is 18.1 Å². The number of fused-ring (bicyclic) bond motifs is 1. The van der Waals surface area contributed by atoms with Crippen LogP contribution in [0.2, 0.25) is 0 Å². The van der Waals surface area contributed by atoms with Gasteiger partial charge >= 0.3 is 6.18 Å². The Labute approximate surface area is 180 Å². The first-order valence-electron chi connectivity index (χ1n) is 10.1. The van der Waals surface area contributed by atoms with Crippen LogP contribution in [0.3, 0.4) is 0 Å². The number of anilines is 1. The SMILES string of the molecule is C[C@H]1CC[C@@H](COc2cccnc2C(F)(F)F)CN1c1cnc2cnn(CC(F)F)c2n1. The molecule has 0 radical (unpaired) electrons. The number of hydrogen-bond acceptors (Lipinski definition) is 6. The highest BCUT2D eigenvalue weighted by molar-refractivity contribution is 5.71. The van der Waals surface area contributed by atoms with Gasteiger partial charge in [0, 0.05) is 24.7 Å². The van der Waals surface area contributed by atoms with Crippen molar-refractivity contribution in [2.24, 2.45) is 5.92 Å². The first-order chi connectivity index (χ1) is 15.2. The van der Waals surface area contributed by atoms with E-state index in [4.69, 9.17) is 4.74 Å². The quantitative estimate of drug-likeness (QED) is 0.518. The fraction of sp³-hybridized carbons (Fsp3) is 0.500. The zero-order valence-corrected chi connectivity index (χ0v) is 17.1. The van der Waals surface area contributed by atoms with Crippen molar-refractivity contribution < 1.29 is 26.7 Å². The van der Waals surface area contributed by atoms with Gasteiger partial charge in [0.25, 0.3) is 6.43 Å². The number of pyridine rings is 1. The fourth-order valence-corrected chi connectivity index (χ4v) is 3.81. The zero-order chi connectivity index (χ0) is 22.9. The monoisotopic (exact) mass is 456 g/mol. The molecule has 0 unspecified atom stereocenters. The number of rotatable bonds is 6. The maximum absolute atomic E-state index is 13.1. The minimum atomic E-state index is -4.60. The van der Waals surface area contributed by atoms with Gasteiger partial charge in [-0.3, -0.25) is 0 Å². The van der Waals surface area contributed by atoms with Gasteiger partial charge in [-0.05, 0) is 31.9 Å². The summed E-state index contributed by atoms with van der Waals surface area (Å²) in [5.74, 6) is 0.140. The third-order valence-electron chi connectivity index (χ3n) is 5.43. The molecule has 0 aromatic carbocycles. The number of nitrogens with zero attached hydrogens (tertiary/aromatic N) is 6. The number of aromatic nitrogens is 5. The van der Waals surface area contributed by atoms with Crippen LogP contribution in [0.4, 0.5) is 27.8 Å². The van der Waals surface area contributed by atoms with Gasteiger partial charge in [-0.15, -0.1) is 0 Å². The maximum Gasteiger partial charge on any atom is 0.437 e. The average Bonchev–Trinajstić information content (AvgIpc) is 3.14. The number of alkyl halides is 5. The minimum Gasteiger partial charge on any atom is -0.491 e. The van der Waals surface area contributed by atoms with Crippen molar-refractivity contribution in [2.45, 2.75) is 45.0 Å². The Morgan fingerprint density at radius 3 is 2.75 bits per heavy atom. The topological polar surface area (TPSA) is 69.0 Å². The summed E-state index contributed by atoms with van der Waals surface area (Å²) in [6.07, 6.45) is -1.63. The molecule has 3 aromatic heterocycles. The van der Waals surface area contributed by atoms with E-state index < -0.39 is 24.8 Å². The highest BCUT2D eigenvalue weighted by Gasteiger charge is 2.36. The van der Waals surface area contributed by atoms with E-state index in [2.05, 4.69) is 20.1 Å². The van der Waals surface area contributed by atoms with E-state index in [0.717, 1.165) is 23.7 Å². The fourth-order valence-electron chi connectivity index (χ4n) is 3.81. The van der Waals surface area contributed by atoms with E-state index in [-0.39, 0.29) is 30.0 Å². The largest absolute Gasteiger partial charge is 0.491 e. The molecule has 0 saturated carbocycles. The molecule has 1 fully saturated rings. The van der Waals surface area contributed by atoms with Gasteiger partial charge < -0.3 is 9.64 Å². The number of ether oxygens (including phenoxy) is 1. The van der Waals surface area contributed by atoms with Gasteiger partial charge in [-0.25, -0.2) is 28.4 Å². The van der Waals surface area contributed by atoms with E-state index in [0.29, 0.717) is 17.9 Å². The molecule has 0 amide bonds. The summed E-state index contributed by atoms with van der Waals surface area (Å²) in [5, 5.41) is 3.92. The molecule has 12 heteroatoms. The molecule has 0 bridgehead atoms. The third kappa shape index (κ3) is 4.73. The molecule has 0 aliphatic carbocycles. The third-order valence-corrected chi connectivity index (χ3v) is 5.43. The van der Waals surface area contributed by atoms with E-state index >= 15 is 0 Å². The van der Waals surface area contributed by atoms with Crippen LogP contribution in [0, 0.1) is 5.92 Å². The minimum absolute atomic E-state index is 0.0593. The van der Waals surface area contributed by atoms with Crippen molar-refractivity contribution in [3.8, 4) is 5.75 Å². The molecular weight excluding hydrogens is 435 g/mol. The van der Waals surface area contributed by atoms with Gasteiger partial charge in [0.15, 0.2) is 11.3 Å². The van der Waals surface area contributed by atoms with Gasteiger partial charge in [0.2, 0.25) is 0 Å². The van der Waals surface area contributed by atoms with Crippen molar-refractivity contribution >= 4 is 17.0 Å². The van der Waals surface area contributed by atoms with Crippen molar-refractivity contribution in [1.82, 2.24) is 24.7 Å².